The second-order valence-electron chi connectivity index (χ2n) is 8.81. The van der Waals surface area contributed by atoms with Gasteiger partial charge in [-0.25, -0.2) is 0 Å². The first-order valence-electron chi connectivity index (χ1n) is 10.8. The molecule has 1 aromatic heterocycles. The fourth-order valence-corrected chi connectivity index (χ4v) is 5.77. The van der Waals surface area contributed by atoms with Gasteiger partial charge in [0.1, 0.15) is 5.75 Å². The van der Waals surface area contributed by atoms with Crippen LogP contribution in [0.5, 0.6) is 5.75 Å². The SMILES string of the molecule is COc1ccccc1C=CNC(=O)C(c1csc2ccc(Cl)cc12)P(=O)(O)OCOC(=O)C(C)(C)C. The van der Waals surface area contributed by atoms with Crippen LogP contribution in [0.25, 0.3) is 16.2 Å². The van der Waals surface area contributed by atoms with E-state index in [2.05, 4.69) is 5.32 Å². The Morgan fingerprint density at radius 3 is 2.64 bits per heavy atom. The lowest BCUT2D eigenvalue weighted by molar-refractivity contribution is -0.159. The summed E-state index contributed by atoms with van der Waals surface area (Å²) < 4.78 is 29.5. The molecule has 2 unspecified atom stereocenters. The van der Waals surface area contributed by atoms with Crippen LogP contribution in [-0.4, -0.2) is 30.7 Å². The number of benzene rings is 2. The van der Waals surface area contributed by atoms with Crippen LogP contribution in [0.15, 0.2) is 54.0 Å². The number of para-hydroxylation sites is 1. The maximum Gasteiger partial charge on any atom is 0.347 e. The van der Waals surface area contributed by atoms with Crippen LogP contribution < -0.4 is 10.1 Å². The highest BCUT2D eigenvalue weighted by atomic mass is 35.5. The van der Waals surface area contributed by atoms with Crippen molar-refractivity contribution in [3.8, 4) is 5.75 Å². The molecule has 192 valence electrons. The van der Waals surface area contributed by atoms with Gasteiger partial charge in [-0.15, -0.1) is 11.3 Å². The summed E-state index contributed by atoms with van der Waals surface area (Å²) in [5.41, 5.74) is -1.47. The van der Waals surface area contributed by atoms with E-state index < -0.39 is 37.3 Å². The molecule has 1 heterocycles. The van der Waals surface area contributed by atoms with Crippen LogP contribution in [0.1, 0.15) is 37.6 Å². The van der Waals surface area contributed by atoms with E-state index in [-0.39, 0.29) is 5.56 Å². The van der Waals surface area contributed by atoms with Gasteiger partial charge in [-0.1, -0.05) is 29.8 Å². The smallest absolute Gasteiger partial charge is 0.347 e. The number of hydrogen-bond donors (Lipinski definition) is 2. The Balaban J connectivity index is 1.90. The molecule has 36 heavy (non-hydrogen) atoms. The zero-order valence-electron chi connectivity index (χ0n) is 20.2. The number of ether oxygens (including phenoxy) is 2. The van der Waals surface area contributed by atoms with E-state index >= 15 is 0 Å². The molecule has 0 aliphatic heterocycles. The molecule has 0 saturated heterocycles. The predicted molar refractivity (Wildman–Crippen MR) is 141 cm³/mol. The number of methoxy groups -OCH3 is 1. The summed E-state index contributed by atoms with van der Waals surface area (Å²) in [6, 6.07) is 12.2. The summed E-state index contributed by atoms with van der Waals surface area (Å²) in [6.45, 7) is 4.13. The van der Waals surface area contributed by atoms with Gasteiger partial charge in [0.05, 0.1) is 12.5 Å². The monoisotopic (exact) mass is 551 g/mol. The predicted octanol–water partition coefficient (Wildman–Crippen LogP) is 6.14. The summed E-state index contributed by atoms with van der Waals surface area (Å²) in [6.07, 6.45) is 2.96. The molecule has 3 aromatic rings. The van der Waals surface area contributed by atoms with E-state index in [1.165, 1.54) is 24.6 Å². The van der Waals surface area contributed by atoms with E-state index in [1.807, 2.05) is 12.1 Å². The van der Waals surface area contributed by atoms with Gasteiger partial charge >= 0.3 is 13.6 Å². The lowest BCUT2D eigenvalue weighted by Crippen LogP contribution is -2.27. The minimum atomic E-state index is -4.69. The van der Waals surface area contributed by atoms with Crippen molar-refractivity contribution in [3.63, 3.8) is 0 Å². The van der Waals surface area contributed by atoms with Crippen molar-refractivity contribution in [2.24, 2.45) is 5.41 Å². The molecule has 0 aliphatic rings. The van der Waals surface area contributed by atoms with E-state index in [4.69, 9.17) is 25.6 Å². The molecule has 0 bridgehead atoms. The first-order chi connectivity index (χ1) is 16.9. The maximum absolute atomic E-state index is 13.4. The number of halogens is 1. The largest absolute Gasteiger partial charge is 0.496 e. The molecule has 0 radical (unpaired) electrons. The van der Waals surface area contributed by atoms with E-state index in [9.17, 15) is 19.0 Å². The van der Waals surface area contributed by atoms with Crippen molar-refractivity contribution < 1.29 is 33.0 Å². The van der Waals surface area contributed by atoms with E-state index in [0.717, 1.165) is 4.70 Å². The molecule has 11 heteroatoms. The lowest BCUT2D eigenvalue weighted by atomic mass is 9.98. The highest BCUT2D eigenvalue weighted by molar-refractivity contribution is 7.54. The van der Waals surface area contributed by atoms with Gasteiger partial charge in [0, 0.05) is 21.5 Å². The third-order valence-electron chi connectivity index (χ3n) is 5.10. The quantitative estimate of drug-likeness (QED) is 0.187. The first kappa shape index (κ1) is 27.9. The Bertz CT molecular complexity index is 1330. The fraction of sp³-hybridized carbons (Fsp3) is 0.280. The summed E-state index contributed by atoms with van der Waals surface area (Å²) in [4.78, 5) is 36.2. The molecule has 2 atom stereocenters. The van der Waals surface area contributed by atoms with Gasteiger partial charge in [-0.2, -0.15) is 0 Å². The molecule has 0 saturated carbocycles. The van der Waals surface area contributed by atoms with Crippen molar-refractivity contribution in [1.29, 1.82) is 0 Å². The molecule has 0 fully saturated rings. The van der Waals surface area contributed by atoms with Crippen molar-refractivity contribution in [2.75, 3.05) is 13.9 Å². The van der Waals surface area contributed by atoms with Gasteiger partial charge in [0.2, 0.25) is 12.7 Å². The van der Waals surface area contributed by atoms with Crippen LogP contribution in [0, 0.1) is 5.41 Å². The van der Waals surface area contributed by atoms with Crippen molar-refractivity contribution >= 4 is 58.6 Å². The molecule has 1 amide bonds. The van der Waals surface area contributed by atoms with Crippen LogP contribution >= 0.6 is 30.5 Å². The molecule has 2 aromatic carbocycles. The highest BCUT2D eigenvalue weighted by Crippen LogP contribution is 2.58. The number of carbonyl (C=O) groups is 2. The van der Waals surface area contributed by atoms with Gasteiger partial charge in [0.15, 0.2) is 5.66 Å². The number of carbonyl (C=O) groups excluding carboxylic acids is 2. The third-order valence-corrected chi connectivity index (χ3v) is 7.96. The standard InChI is InChI=1S/C25H27ClNO7PS/c1-25(2,3)24(29)33-15-34-35(30,31)22(19-14-36-21-10-9-17(26)13-18(19)21)23(28)27-12-11-16-7-5-6-8-20(16)32-4/h5-14,22H,15H2,1-4H3,(H,27,28)(H,30,31). The number of fused-ring (bicyclic) bond motifs is 1. The Hall–Kier alpha value is -2.68. The van der Waals surface area contributed by atoms with Crippen molar-refractivity contribution in [1.82, 2.24) is 5.32 Å². The molecular weight excluding hydrogens is 525 g/mol. The molecular formula is C25H27ClNO7PS. The summed E-state index contributed by atoms with van der Waals surface area (Å²) in [7, 11) is -3.16. The third kappa shape index (κ3) is 6.75. The van der Waals surface area contributed by atoms with Gasteiger partial charge in [-0.3, -0.25) is 18.7 Å². The average molecular weight is 552 g/mol. The van der Waals surface area contributed by atoms with Crippen molar-refractivity contribution in [2.45, 2.75) is 26.4 Å². The zero-order chi connectivity index (χ0) is 26.5. The second kappa shape index (κ2) is 11.6. The Morgan fingerprint density at radius 2 is 1.94 bits per heavy atom. The Labute approximate surface area is 218 Å². The summed E-state index contributed by atoms with van der Waals surface area (Å²) in [5, 5.41) is 5.12. The number of amides is 1. The van der Waals surface area contributed by atoms with Gasteiger partial charge in [-0.05, 0) is 67.4 Å². The van der Waals surface area contributed by atoms with Crippen LogP contribution in [0.4, 0.5) is 0 Å². The average Bonchev–Trinajstić information content (AvgIpc) is 3.21. The number of nitrogens with one attached hydrogen (secondary N) is 1. The van der Waals surface area contributed by atoms with Crippen LogP contribution in [0.2, 0.25) is 5.02 Å². The van der Waals surface area contributed by atoms with E-state index in [0.29, 0.717) is 21.7 Å². The van der Waals surface area contributed by atoms with Crippen LogP contribution in [-0.2, 0) is 23.4 Å². The molecule has 8 nitrogen and oxygen atoms in total. The minimum Gasteiger partial charge on any atom is -0.496 e. The minimum absolute atomic E-state index is 0.272. The van der Waals surface area contributed by atoms with E-state index in [1.54, 1.807) is 62.6 Å². The van der Waals surface area contributed by atoms with Crippen molar-refractivity contribution in [3.05, 3.63) is 70.2 Å². The first-order valence-corrected chi connectivity index (χ1v) is 13.8. The fourth-order valence-electron chi connectivity index (χ4n) is 3.24. The highest BCUT2D eigenvalue weighted by Gasteiger charge is 2.42. The normalized spacial score (nSPS) is 14.4. The zero-order valence-corrected chi connectivity index (χ0v) is 22.7. The molecule has 0 aliphatic carbocycles. The molecule has 3 rings (SSSR count). The van der Waals surface area contributed by atoms with Gasteiger partial charge in [0.25, 0.3) is 0 Å². The summed E-state index contributed by atoms with van der Waals surface area (Å²) >= 11 is 7.44. The number of rotatable bonds is 9. The topological polar surface area (TPSA) is 111 Å². The Morgan fingerprint density at radius 1 is 1.22 bits per heavy atom. The lowest BCUT2D eigenvalue weighted by Gasteiger charge is -2.22. The number of hydrogen-bond acceptors (Lipinski definition) is 7. The van der Waals surface area contributed by atoms with Crippen LogP contribution in [0.3, 0.4) is 0 Å². The second-order valence-corrected chi connectivity index (χ2v) is 12.1. The number of thiophene rings is 1. The Kier molecular flexibility index (Phi) is 8.98. The van der Waals surface area contributed by atoms with Gasteiger partial charge < -0.3 is 19.7 Å². The molecule has 2 N–H and O–H groups in total. The maximum atomic E-state index is 13.4. The summed E-state index contributed by atoms with van der Waals surface area (Å²) in [5.74, 6) is -0.806. The number of esters is 1. The molecule has 0 spiro atoms.